The second-order valence-electron chi connectivity index (χ2n) is 5.34. The van der Waals surface area contributed by atoms with Crippen LogP contribution in [-0.2, 0) is 6.54 Å². The summed E-state index contributed by atoms with van der Waals surface area (Å²) in [5.74, 6) is 1.22. The average Bonchev–Trinajstić information content (AvgIpc) is 3.16. The molecule has 0 aromatic carbocycles. The van der Waals surface area contributed by atoms with E-state index >= 15 is 0 Å². The zero-order valence-electron chi connectivity index (χ0n) is 11.4. The molecule has 1 saturated carbocycles. The van der Waals surface area contributed by atoms with Crippen molar-refractivity contribution in [3.05, 3.63) is 29.5 Å². The average molecular weight is 292 g/mol. The molecule has 2 heterocycles. The van der Waals surface area contributed by atoms with E-state index in [4.69, 9.17) is 4.42 Å². The van der Waals surface area contributed by atoms with Crippen LogP contribution in [0.2, 0.25) is 0 Å². The molecule has 2 atom stereocenters. The van der Waals surface area contributed by atoms with Gasteiger partial charge in [0.15, 0.2) is 10.8 Å². The number of aliphatic hydroxyl groups excluding tert-OH is 1. The van der Waals surface area contributed by atoms with Gasteiger partial charge in [-0.3, -0.25) is 0 Å². The van der Waals surface area contributed by atoms with Crippen molar-refractivity contribution in [2.45, 2.75) is 38.3 Å². The third-order valence-electron chi connectivity index (χ3n) is 3.97. The van der Waals surface area contributed by atoms with Gasteiger partial charge < -0.3 is 14.8 Å². The lowest BCUT2D eigenvalue weighted by Crippen LogP contribution is -2.39. The highest BCUT2D eigenvalue weighted by Gasteiger charge is 2.24. The largest absolute Gasteiger partial charge is 0.462 e. The number of aromatic nitrogens is 1. The smallest absolute Gasteiger partial charge is 0.162 e. The summed E-state index contributed by atoms with van der Waals surface area (Å²) in [5.41, 5.74) is 1.05. The number of nitrogens with zero attached hydrogens (tertiary/aromatic N) is 1. The van der Waals surface area contributed by atoms with Crippen LogP contribution in [0.15, 0.2) is 28.2 Å². The molecule has 2 unspecified atom stereocenters. The van der Waals surface area contributed by atoms with Gasteiger partial charge in [-0.25, -0.2) is 4.98 Å². The van der Waals surface area contributed by atoms with Gasteiger partial charge >= 0.3 is 0 Å². The molecule has 0 saturated heterocycles. The quantitative estimate of drug-likeness (QED) is 0.889. The molecule has 1 aliphatic carbocycles. The van der Waals surface area contributed by atoms with E-state index in [1.807, 2.05) is 12.1 Å². The second kappa shape index (κ2) is 6.52. The molecule has 3 rings (SSSR count). The number of furan rings is 1. The molecule has 5 heteroatoms. The van der Waals surface area contributed by atoms with Crippen molar-refractivity contribution in [1.29, 1.82) is 0 Å². The number of aliphatic hydroxyl groups is 1. The van der Waals surface area contributed by atoms with Gasteiger partial charge in [-0.15, -0.1) is 11.3 Å². The molecule has 0 spiro atoms. The van der Waals surface area contributed by atoms with Gasteiger partial charge in [0, 0.05) is 24.6 Å². The van der Waals surface area contributed by atoms with E-state index in [1.165, 1.54) is 12.8 Å². The van der Waals surface area contributed by atoms with E-state index in [-0.39, 0.29) is 6.61 Å². The number of hydrogen-bond donors (Lipinski definition) is 2. The predicted octanol–water partition coefficient (Wildman–Crippen LogP) is 3.04. The van der Waals surface area contributed by atoms with Crippen LogP contribution < -0.4 is 5.32 Å². The predicted molar refractivity (Wildman–Crippen MR) is 79.5 cm³/mol. The minimum absolute atomic E-state index is 0.284. The number of nitrogens with one attached hydrogen (secondary N) is 1. The lowest BCUT2D eigenvalue weighted by atomic mass is 9.85. The standard InChI is InChI=1S/C15H20N2O2S/c18-9-11-4-1-2-5-13(11)16-8-12-10-20-15(17-12)14-6-3-7-19-14/h3,6-7,10-11,13,16,18H,1-2,4-5,8-9H2. The summed E-state index contributed by atoms with van der Waals surface area (Å²) >= 11 is 1.61. The Morgan fingerprint density at radius 1 is 1.40 bits per heavy atom. The molecule has 20 heavy (non-hydrogen) atoms. The summed E-state index contributed by atoms with van der Waals surface area (Å²) in [6, 6.07) is 4.23. The molecule has 0 radical (unpaired) electrons. The normalized spacial score (nSPS) is 23.1. The first kappa shape index (κ1) is 13.8. The Bertz CT molecular complexity index is 524. The molecule has 0 bridgehead atoms. The van der Waals surface area contributed by atoms with Crippen LogP contribution in [0.1, 0.15) is 31.4 Å². The summed E-state index contributed by atoms with van der Waals surface area (Å²) < 4.78 is 5.36. The highest BCUT2D eigenvalue weighted by molar-refractivity contribution is 7.13. The minimum atomic E-state index is 0.284. The molecule has 108 valence electrons. The first-order valence-electron chi connectivity index (χ1n) is 7.19. The first-order chi connectivity index (χ1) is 9.86. The Kier molecular flexibility index (Phi) is 4.50. The van der Waals surface area contributed by atoms with Crippen molar-refractivity contribution in [2.24, 2.45) is 5.92 Å². The third-order valence-corrected chi connectivity index (χ3v) is 4.88. The summed E-state index contributed by atoms with van der Waals surface area (Å²) in [4.78, 5) is 4.59. The van der Waals surface area contributed by atoms with Crippen LogP contribution in [0.4, 0.5) is 0 Å². The number of hydrogen-bond acceptors (Lipinski definition) is 5. The molecule has 2 N–H and O–H groups in total. The summed E-state index contributed by atoms with van der Waals surface area (Å²) in [7, 11) is 0. The van der Waals surface area contributed by atoms with Crippen molar-refractivity contribution in [3.8, 4) is 10.8 Å². The topological polar surface area (TPSA) is 58.3 Å². The van der Waals surface area contributed by atoms with Gasteiger partial charge in [0.2, 0.25) is 0 Å². The van der Waals surface area contributed by atoms with Crippen molar-refractivity contribution >= 4 is 11.3 Å². The van der Waals surface area contributed by atoms with Gasteiger partial charge in [0.1, 0.15) is 0 Å². The zero-order chi connectivity index (χ0) is 13.8. The van der Waals surface area contributed by atoms with Crippen molar-refractivity contribution in [3.63, 3.8) is 0 Å². The molecule has 1 fully saturated rings. The van der Waals surface area contributed by atoms with Crippen LogP contribution in [0.25, 0.3) is 10.8 Å². The monoisotopic (exact) mass is 292 g/mol. The van der Waals surface area contributed by atoms with E-state index in [0.29, 0.717) is 12.0 Å². The maximum Gasteiger partial charge on any atom is 0.162 e. The number of rotatable bonds is 5. The van der Waals surface area contributed by atoms with Crippen LogP contribution >= 0.6 is 11.3 Å². The Hall–Kier alpha value is -1.17. The Morgan fingerprint density at radius 2 is 2.30 bits per heavy atom. The molecular formula is C15H20N2O2S. The number of thiazole rings is 1. The molecule has 0 amide bonds. The van der Waals surface area contributed by atoms with E-state index in [1.54, 1.807) is 17.6 Å². The van der Waals surface area contributed by atoms with E-state index in [9.17, 15) is 5.11 Å². The highest BCUT2D eigenvalue weighted by atomic mass is 32.1. The Balaban J connectivity index is 1.58. The van der Waals surface area contributed by atoms with Gasteiger partial charge in [-0.05, 0) is 30.9 Å². The van der Waals surface area contributed by atoms with Crippen LogP contribution in [0.5, 0.6) is 0 Å². The lowest BCUT2D eigenvalue weighted by molar-refractivity contribution is 0.152. The zero-order valence-corrected chi connectivity index (χ0v) is 12.2. The van der Waals surface area contributed by atoms with Crippen molar-refractivity contribution < 1.29 is 9.52 Å². The summed E-state index contributed by atoms with van der Waals surface area (Å²) in [5, 5.41) is 16.0. The third kappa shape index (κ3) is 3.11. The van der Waals surface area contributed by atoms with Gasteiger partial charge in [0.05, 0.1) is 12.0 Å². The highest BCUT2D eigenvalue weighted by Crippen LogP contribution is 2.26. The lowest BCUT2D eigenvalue weighted by Gasteiger charge is -2.30. The molecule has 2 aromatic rings. The summed E-state index contributed by atoms with van der Waals surface area (Å²) in [6.07, 6.45) is 6.44. The fraction of sp³-hybridized carbons (Fsp3) is 0.533. The fourth-order valence-electron chi connectivity index (χ4n) is 2.83. The molecule has 4 nitrogen and oxygen atoms in total. The maximum absolute atomic E-state index is 9.42. The summed E-state index contributed by atoms with van der Waals surface area (Å²) in [6.45, 7) is 1.05. The van der Waals surface area contributed by atoms with E-state index in [0.717, 1.165) is 35.8 Å². The Labute approximate surface area is 122 Å². The molecule has 1 aliphatic rings. The molecule has 0 aliphatic heterocycles. The fourth-order valence-corrected chi connectivity index (χ4v) is 3.62. The minimum Gasteiger partial charge on any atom is -0.462 e. The van der Waals surface area contributed by atoms with Crippen LogP contribution in [0, 0.1) is 5.92 Å². The second-order valence-corrected chi connectivity index (χ2v) is 6.19. The van der Waals surface area contributed by atoms with Crippen LogP contribution in [0.3, 0.4) is 0 Å². The van der Waals surface area contributed by atoms with Gasteiger partial charge in [-0.2, -0.15) is 0 Å². The Morgan fingerprint density at radius 3 is 3.10 bits per heavy atom. The van der Waals surface area contributed by atoms with E-state index < -0.39 is 0 Å². The van der Waals surface area contributed by atoms with Crippen molar-refractivity contribution in [1.82, 2.24) is 10.3 Å². The van der Waals surface area contributed by atoms with Crippen molar-refractivity contribution in [2.75, 3.05) is 6.61 Å². The molecular weight excluding hydrogens is 272 g/mol. The maximum atomic E-state index is 9.42. The first-order valence-corrected chi connectivity index (χ1v) is 8.07. The van der Waals surface area contributed by atoms with E-state index in [2.05, 4.69) is 15.7 Å². The van der Waals surface area contributed by atoms with Gasteiger partial charge in [0.25, 0.3) is 0 Å². The van der Waals surface area contributed by atoms with Crippen LogP contribution in [-0.4, -0.2) is 22.7 Å². The SMILES string of the molecule is OCC1CCCCC1NCc1csc(-c2ccco2)n1. The van der Waals surface area contributed by atoms with Gasteiger partial charge in [-0.1, -0.05) is 12.8 Å². The molecule has 2 aromatic heterocycles.